The molecule has 0 N–H and O–H groups in total. The fourth-order valence-electron chi connectivity index (χ4n) is 2.27. The molecule has 2 aromatic heterocycles. The number of hydrogen-bond acceptors (Lipinski definition) is 6. The van der Waals surface area contributed by atoms with E-state index in [2.05, 4.69) is 24.8 Å². The van der Waals surface area contributed by atoms with Crippen LogP contribution in [0.25, 0.3) is 0 Å². The van der Waals surface area contributed by atoms with Crippen LogP contribution in [0.1, 0.15) is 12.1 Å². The molecule has 1 fully saturated rings. The predicted octanol–water partition coefficient (Wildman–Crippen LogP) is 1.53. The van der Waals surface area contributed by atoms with Gasteiger partial charge in [-0.25, -0.2) is 23.7 Å². The largest absolute Gasteiger partial charge is 0.353 e. The van der Waals surface area contributed by atoms with E-state index >= 15 is 0 Å². The van der Waals surface area contributed by atoms with Crippen molar-refractivity contribution in [2.24, 2.45) is 0 Å². The third-order valence-corrected chi connectivity index (χ3v) is 3.37. The molecule has 0 saturated carbocycles. The average molecular weight is 292 g/mol. The number of hydrogen-bond donors (Lipinski definition) is 0. The van der Waals surface area contributed by atoms with Crippen molar-refractivity contribution in [3.63, 3.8) is 0 Å². The van der Waals surface area contributed by atoms with E-state index in [0.29, 0.717) is 18.9 Å². The molecule has 0 atom stereocenters. The van der Waals surface area contributed by atoms with Crippen molar-refractivity contribution in [2.75, 3.05) is 36.0 Å². The normalized spacial score (nSPS) is 15.6. The summed E-state index contributed by atoms with van der Waals surface area (Å²) in [5, 5.41) is 0. The molecule has 0 bridgehead atoms. The van der Waals surface area contributed by atoms with E-state index in [0.717, 1.165) is 18.9 Å². The standard InChI is InChI=1S/C13H14F2N6/c14-13(15)10-7-11(19-9-18-10)20-3-5-21(6-4-20)12-8-16-1-2-17-12/h1-2,7-9,13H,3-6H2. The molecule has 6 nitrogen and oxygen atoms in total. The molecular formula is C13H14F2N6. The first-order valence-electron chi connectivity index (χ1n) is 6.60. The summed E-state index contributed by atoms with van der Waals surface area (Å²) >= 11 is 0. The maximum atomic E-state index is 12.7. The van der Waals surface area contributed by atoms with Crippen LogP contribution in [0.4, 0.5) is 20.4 Å². The minimum absolute atomic E-state index is 0.239. The molecule has 1 aliphatic rings. The lowest BCUT2D eigenvalue weighted by Gasteiger charge is -2.35. The van der Waals surface area contributed by atoms with E-state index in [4.69, 9.17) is 0 Å². The van der Waals surface area contributed by atoms with Crippen LogP contribution in [0.3, 0.4) is 0 Å². The molecule has 3 rings (SSSR count). The fraction of sp³-hybridized carbons (Fsp3) is 0.385. The summed E-state index contributed by atoms with van der Waals surface area (Å²) in [4.78, 5) is 20.0. The number of piperazine rings is 1. The molecule has 1 aliphatic heterocycles. The smallest absolute Gasteiger partial charge is 0.280 e. The first-order valence-corrected chi connectivity index (χ1v) is 6.60. The Labute approximate surface area is 120 Å². The number of halogens is 2. The van der Waals surface area contributed by atoms with Gasteiger partial charge in [0.15, 0.2) is 0 Å². The van der Waals surface area contributed by atoms with Gasteiger partial charge >= 0.3 is 0 Å². The van der Waals surface area contributed by atoms with Gasteiger partial charge in [-0.1, -0.05) is 0 Å². The van der Waals surface area contributed by atoms with Gasteiger partial charge in [0.05, 0.1) is 6.20 Å². The molecule has 0 spiro atoms. The van der Waals surface area contributed by atoms with Crippen LogP contribution in [0.5, 0.6) is 0 Å². The molecule has 1 saturated heterocycles. The summed E-state index contributed by atoms with van der Waals surface area (Å²) in [7, 11) is 0. The second-order valence-corrected chi connectivity index (χ2v) is 4.64. The van der Waals surface area contributed by atoms with Gasteiger partial charge in [0.25, 0.3) is 6.43 Å². The highest BCUT2D eigenvalue weighted by molar-refractivity contribution is 5.44. The van der Waals surface area contributed by atoms with Crippen molar-refractivity contribution < 1.29 is 8.78 Å². The molecule has 0 unspecified atom stereocenters. The zero-order chi connectivity index (χ0) is 14.7. The summed E-state index contributed by atoms with van der Waals surface area (Å²) in [5.74, 6) is 1.37. The molecule has 0 aromatic carbocycles. The minimum Gasteiger partial charge on any atom is -0.353 e. The van der Waals surface area contributed by atoms with Crippen molar-refractivity contribution in [1.29, 1.82) is 0 Å². The molecule has 2 aromatic rings. The van der Waals surface area contributed by atoms with E-state index in [9.17, 15) is 8.78 Å². The van der Waals surface area contributed by atoms with Gasteiger partial charge in [-0.05, 0) is 0 Å². The molecule has 8 heteroatoms. The Hall–Kier alpha value is -2.38. The highest BCUT2D eigenvalue weighted by Gasteiger charge is 2.20. The number of rotatable bonds is 3. The van der Waals surface area contributed by atoms with Gasteiger partial charge in [-0.15, -0.1) is 0 Å². The maximum Gasteiger partial charge on any atom is 0.280 e. The topological polar surface area (TPSA) is 58.0 Å². The molecule has 110 valence electrons. The van der Waals surface area contributed by atoms with Crippen LogP contribution < -0.4 is 9.80 Å². The lowest BCUT2D eigenvalue weighted by atomic mass is 10.3. The highest BCUT2D eigenvalue weighted by atomic mass is 19.3. The summed E-state index contributed by atoms with van der Waals surface area (Å²) in [6.45, 7) is 2.87. The Morgan fingerprint density at radius 2 is 1.62 bits per heavy atom. The van der Waals surface area contributed by atoms with Gasteiger partial charge in [0.2, 0.25) is 0 Å². The van der Waals surface area contributed by atoms with Gasteiger partial charge in [0, 0.05) is 44.6 Å². The highest BCUT2D eigenvalue weighted by Crippen LogP contribution is 2.21. The number of aromatic nitrogens is 4. The number of alkyl halides is 2. The molecular weight excluding hydrogens is 278 g/mol. The third-order valence-electron chi connectivity index (χ3n) is 3.37. The van der Waals surface area contributed by atoms with Gasteiger partial charge < -0.3 is 9.80 Å². The summed E-state index contributed by atoms with van der Waals surface area (Å²) in [6, 6.07) is 1.35. The van der Waals surface area contributed by atoms with Gasteiger partial charge in [-0.2, -0.15) is 0 Å². The molecule has 0 amide bonds. The van der Waals surface area contributed by atoms with Gasteiger partial charge in [-0.3, -0.25) is 4.98 Å². The van der Waals surface area contributed by atoms with Crippen LogP contribution in [0.2, 0.25) is 0 Å². The van der Waals surface area contributed by atoms with Crippen LogP contribution >= 0.6 is 0 Å². The quantitative estimate of drug-likeness (QED) is 0.855. The summed E-state index contributed by atoms with van der Waals surface area (Å²) in [5.41, 5.74) is -0.239. The lowest BCUT2D eigenvalue weighted by molar-refractivity contribution is 0.146. The lowest BCUT2D eigenvalue weighted by Crippen LogP contribution is -2.47. The average Bonchev–Trinajstić information content (AvgIpc) is 2.56. The van der Waals surface area contributed by atoms with E-state index < -0.39 is 6.43 Å². The van der Waals surface area contributed by atoms with Crippen LogP contribution in [-0.4, -0.2) is 46.1 Å². The Morgan fingerprint density at radius 3 is 2.24 bits per heavy atom. The first kappa shape index (κ1) is 13.6. The minimum atomic E-state index is -2.58. The second kappa shape index (κ2) is 5.94. The Kier molecular flexibility index (Phi) is 3.85. The van der Waals surface area contributed by atoms with Crippen LogP contribution in [-0.2, 0) is 0 Å². The zero-order valence-electron chi connectivity index (χ0n) is 11.2. The second-order valence-electron chi connectivity index (χ2n) is 4.64. The maximum absolute atomic E-state index is 12.7. The van der Waals surface area contributed by atoms with Crippen molar-refractivity contribution in [1.82, 2.24) is 19.9 Å². The summed E-state index contributed by atoms with van der Waals surface area (Å²) in [6.07, 6.45) is 3.61. The molecule has 3 heterocycles. The van der Waals surface area contributed by atoms with Crippen LogP contribution in [0.15, 0.2) is 31.0 Å². The van der Waals surface area contributed by atoms with Crippen LogP contribution in [0, 0.1) is 0 Å². The molecule has 21 heavy (non-hydrogen) atoms. The monoisotopic (exact) mass is 292 g/mol. The van der Waals surface area contributed by atoms with Crippen molar-refractivity contribution in [3.8, 4) is 0 Å². The summed E-state index contributed by atoms with van der Waals surface area (Å²) < 4.78 is 25.3. The Morgan fingerprint density at radius 1 is 0.905 bits per heavy atom. The first-order chi connectivity index (χ1) is 10.2. The molecule has 0 radical (unpaired) electrons. The molecule has 0 aliphatic carbocycles. The van der Waals surface area contributed by atoms with E-state index in [1.54, 1.807) is 18.6 Å². The van der Waals surface area contributed by atoms with E-state index in [-0.39, 0.29) is 5.69 Å². The van der Waals surface area contributed by atoms with E-state index in [1.165, 1.54) is 12.4 Å². The zero-order valence-corrected chi connectivity index (χ0v) is 11.2. The van der Waals surface area contributed by atoms with E-state index in [1.807, 2.05) is 4.90 Å². The number of anilines is 2. The predicted molar refractivity (Wildman–Crippen MR) is 73.4 cm³/mol. The Balaban J connectivity index is 1.67. The van der Waals surface area contributed by atoms with Crippen molar-refractivity contribution in [3.05, 3.63) is 36.7 Å². The number of nitrogens with zero attached hydrogens (tertiary/aromatic N) is 6. The third kappa shape index (κ3) is 3.04. The van der Waals surface area contributed by atoms with Gasteiger partial charge in [0.1, 0.15) is 23.7 Å². The van der Waals surface area contributed by atoms with Crippen molar-refractivity contribution in [2.45, 2.75) is 6.43 Å². The Bertz CT molecular complexity index is 586. The van der Waals surface area contributed by atoms with Crippen molar-refractivity contribution >= 4 is 11.6 Å². The SMILES string of the molecule is FC(F)c1cc(N2CCN(c3cnccn3)CC2)ncn1. The fourth-order valence-corrected chi connectivity index (χ4v) is 2.27.